The molecule has 0 bridgehead atoms. The van der Waals surface area contributed by atoms with Gasteiger partial charge in [-0.3, -0.25) is 19.6 Å². The Balaban J connectivity index is 1.04. The first kappa shape index (κ1) is 24.0. The van der Waals surface area contributed by atoms with Crippen LogP contribution >= 0.6 is 11.3 Å². The molecule has 0 spiro atoms. The highest BCUT2D eigenvalue weighted by molar-refractivity contribution is 7.12. The van der Waals surface area contributed by atoms with Crippen LogP contribution in [0.5, 0.6) is 5.75 Å². The van der Waals surface area contributed by atoms with Gasteiger partial charge in [-0.2, -0.15) is 0 Å². The standard InChI is InChI=1S/C28H34N4O2S/c33-28(27-6-3-17-35-27)32-12-2-5-25(21-32)22-34-26-9-7-23(8-10-26)19-30-13-15-31(16-14-30)20-24-4-1-11-29-18-24/h1,3-4,6-11,17-18,25H,2,5,12-16,19-22H2. The minimum Gasteiger partial charge on any atom is -0.493 e. The van der Waals surface area contributed by atoms with E-state index in [4.69, 9.17) is 4.74 Å². The van der Waals surface area contributed by atoms with Crippen molar-refractivity contribution in [2.75, 3.05) is 45.9 Å². The van der Waals surface area contributed by atoms with E-state index < -0.39 is 0 Å². The van der Waals surface area contributed by atoms with Gasteiger partial charge in [-0.1, -0.05) is 24.3 Å². The predicted octanol–water partition coefficient (Wildman–Crippen LogP) is 4.39. The topological polar surface area (TPSA) is 48.9 Å². The Morgan fingerprint density at radius 1 is 0.943 bits per heavy atom. The number of piperazine rings is 1. The number of aromatic nitrogens is 1. The van der Waals surface area contributed by atoms with E-state index in [0.29, 0.717) is 12.5 Å². The van der Waals surface area contributed by atoms with E-state index >= 15 is 0 Å². The number of nitrogens with zero attached hydrogens (tertiary/aromatic N) is 4. The molecule has 1 amide bonds. The molecule has 0 radical (unpaired) electrons. The molecule has 1 aromatic carbocycles. The summed E-state index contributed by atoms with van der Waals surface area (Å²) in [5.74, 6) is 1.46. The van der Waals surface area contributed by atoms with Crippen molar-refractivity contribution in [2.24, 2.45) is 5.92 Å². The molecule has 2 aliphatic rings. The van der Waals surface area contributed by atoms with Gasteiger partial charge >= 0.3 is 0 Å². The molecule has 4 heterocycles. The van der Waals surface area contributed by atoms with Crippen molar-refractivity contribution < 1.29 is 9.53 Å². The summed E-state index contributed by atoms with van der Waals surface area (Å²) >= 11 is 1.52. The van der Waals surface area contributed by atoms with E-state index in [2.05, 4.69) is 45.1 Å². The molecule has 0 saturated carbocycles. The second kappa shape index (κ2) is 11.8. The molecule has 2 aromatic heterocycles. The first-order chi connectivity index (χ1) is 17.2. The Hall–Kier alpha value is -2.74. The van der Waals surface area contributed by atoms with Gasteiger partial charge in [0, 0.05) is 70.7 Å². The summed E-state index contributed by atoms with van der Waals surface area (Å²) in [5, 5.41) is 1.96. The van der Waals surface area contributed by atoms with Crippen LogP contribution < -0.4 is 4.74 Å². The monoisotopic (exact) mass is 490 g/mol. The highest BCUT2D eigenvalue weighted by Gasteiger charge is 2.25. The van der Waals surface area contributed by atoms with E-state index in [1.165, 1.54) is 22.5 Å². The summed E-state index contributed by atoms with van der Waals surface area (Å²) in [4.78, 5) is 24.7. The number of hydrogen-bond donors (Lipinski definition) is 0. The van der Waals surface area contributed by atoms with Crippen LogP contribution in [0.1, 0.15) is 33.6 Å². The number of piperidine rings is 1. The second-order valence-corrected chi connectivity index (χ2v) is 10.6. The van der Waals surface area contributed by atoms with Crippen LogP contribution in [0.15, 0.2) is 66.3 Å². The summed E-state index contributed by atoms with van der Waals surface area (Å²) < 4.78 is 6.12. The zero-order valence-corrected chi connectivity index (χ0v) is 21.0. The van der Waals surface area contributed by atoms with Crippen LogP contribution in [0.25, 0.3) is 0 Å². The number of rotatable bonds is 8. The van der Waals surface area contributed by atoms with Gasteiger partial charge in [-0.15, -0.1) is 11.3 Å². The predicted molar refractivity (Wildman–Crippen MR) is 140 cm³/mol. The quantitative estimate of drug-likeness (QED) is 0.469. The average Bonchev–Trinajstić information content (AvgIpc) is 3.45. The minimum atomic E-state index is 0.159. The SMILES string of the molecule is O=C(c1cccs1)N1CCCC(COc2ccc(CN3CCN(Cc4cccnc4)CC3)cc2)C1. The van der Waals surface area contributed by atoms with Crippen molar-refractivity contribution >= 4 is 17.2 Å². The number of pyridine rings is 1. The van der Waals surface area contributed by atoms with Gasteiger partial charge in [0.1, 0.15) is 5.75 Å². The molecule has 2 aliphatic heterocycles. The van der Waals surface area contributed by atoms with Crippen LogP contribution in [0.4, 0.5) is 0 Å². The Bertz CT molecular complexity index is 1050. The largest absolute Gasteiger partial charge is 0.493 e. The normalized spacial score (nSPS) is 19.5. The number of carbonyl (C=O) groups is 1. The number of amides is 1. The number of hydrogen-bond acceptors (Lipinski definition) is 6. The zero-order valence-electron chi connectivity index (χ0n) is 20.2. The van der Waals surface area contributed by atoms with E-state index in [9.17, 15) is 4.79 Å². The van der Waals surface area contributed by atoms with Gasteiger partial charge in [0.25, 0.3) is 5.91 Å². The minimum absolute atomic E-state index is 0.159. The fraction of sp³-hybridized carbons (Fsp3) is 0.429. The molecular weight excluding hydrogens is 456 g/mol. The molecule has 7 heteroatoms. The highest BCUT2D eigenvalue weighted by atomic mass is 32.1. The number of thiophene rings is 1. The Morgan fingerprint density at radius 3 is 2.40 bits per heavy atom. The van der Waals surface area contributed by atoms with E-state index in [0.717, 1.165) is 75.8 Å². The van der Waals surface area contributed by atoms with Crippen molar-refractivity contribution in [3.8, 4) is 5.75 Å². The van der Waals surface area contributed by atoms with Crippen LogP contribution in [0.3, 0.4) is 0 Å². The lowest BCUT2D eigenvalue weighted by Gasteiger charge is -2.34. The summed E-state index contributed by atoms with van der Waals surface area (Å²) in [5.41, 5.74) is 2.61. The third kappa shape index (κ3) is 6.69. The van der Waals surface area contributed by atoms with Crippen LogP contribution in [0.2, 0.25) is 0 Å². The summed E-state index contributed by atoms with van der Waals surface area (Å²) in [6.07, 6.45) is 5.94. The molecule has 5 rings (SSSR count). The van der Waals surface area contributed by atoms with E-state index in [1.807, 2.05) is 40.9 Å². The third-order valence-electron chi connectivity index (χ3n) is 6.95. The highest BCUT2D eigenvalue weighted by Crippen LogP contribution is 2.22. The van der Waals surface area contributed by atoms with Gasteiger partial charge in [-0.25, -0.2) is 0 Å². The Morgan fingerprint density at radius 2 is 1.71 bits per heavy atom. The lowest BCUT2D eigenvalue weighted by atomic mass is 9.99. The van der Waals surface area contributed by atoms with E-state index in [-0.39, 0.29) is 5.91 Å². The smallest absolute Gasteiger partial charge is 0.263 e. The van der Waals surface area contributed by atoms with Crippen molar-refractivity contribution in [2.45, 2.75) is 25.9 Å². The van der Waals surface area contributed by atoms with Crippen LogP contribution in [-0.4, -0.2) is 71.5 Å². The molecule has 184 valence electrons. The average molecular weight is 491 g/mol. The maximum Gasteiger partial charge on any atom is 0.263 e. The number of carbonyl (C=O) groups excluding carboxylic acids is 1. The Labute approximate surface area is 212 Å². The van der Waals surface area contributed by atoms with Crippen molar-refractivity contribution in [3.05, 3.63) is 82.3 Å². The first-order valence-corrected chi connectivity index (χ1v) is 13.5. The second-order valence-electron chi connectivity index (χ2n) is 9.61. The molecule has 1 atom stereocenters. The third-order valence-corrected chi connectivity index (χ3v) is 7.81. The lowest BCUT2D eigenvalue weighted by Crippen LogP contribution is -2.45. The molecule has 3 aromatic rings. The summed E-state index contributed by atoms with van der Waals surface area (Å²) in [6.45, 7) is 8.58. The molecule has 0 aliphatic carbocycles. The number of likely N-dealkylation sites (tertiary alicyclic amines) is 1. The zero-order chi connectivity index (χ0) is 23.9. The Kier molecular flexibility index (Phi) is 8.08. The molecule has 2 fully saturated rings. The van der Waals surface area contributed by atoms with Gasteiger partial charge in [0.2, 0.25) is 0 Å². The molecule has 1 unspecified atom stereocenters. The lowest BCUT2D eigenvalue weighted by molar-refractivity contribution is 0.0638. The van der Waals surface area contributed by atoms with Crippen molar-refractivity contribution in [1.82, 2.24) is 19.7 Å². The molecule has 2 saturated heterocycles. The molecule has 0 N–H and O–H groups in total. The van der Waals surface area contributed by atoms with Gasteiger partial charge in [-0.05, 0) is 53.6 Å². The molecular formula is C28H34N4O2S. The van der Waals surface area contributed by atoms with Gasteiger partial charge in [0.05, 0.1) is 11.5 Å². The fourth-order valence-electron chi connectivity index (χ4n) is 4.96. The van der Waals surface area contributed by atoms with Crippen molar-refractivity contribution in [1.29, 1.82) is 0 Å². The first-order valence-electron chi connectivity index (χ1n) is 12.6. The molecule has 35 heavy (non-hydrogen) atoms. The van der Waals surface area contributed by atoms with Crippen molar-refractivity contribution in [3.63, 3.8) is 0 Å². The van der Waals surface area contributed by atoms with Gasteiger partial charge < -0.3 is 9.64 Å². The van der Waals surface area contributed by atoms with Gasteiger partial charge in [0.15, 0.2) is 0 Å². The maximum absolute atomic E-state index is 12.7. The number of ether oxygens (including phenoxy) is 1. The number of benzene rings is 1. The van der Waals surface area contributed by atoms with Crippen LogP contribution in [-0.2, 0) is 13.1 Å². The maximum atomic E-state index is 12.7. The fourth-order valence-corrected chi connectivity index (χ4v) is 5.65. The van der Waals surface area contributed by atoms with Crippen LogP contribution in [0, 0.1) is 5.92 Å². The summed E-state index contributed by atoms with van der Waals surface area (Å²) in [7, 11) is 0. The van der Waals surface area contributed by atoms with E-state index in [1.54, 1.807) is 0 Å². The summed E-state index contributed by atoms with van der Waals surface area (Å²) in [6, 6.07) is 16.6. The molecule has 6 nitrogen and oxygen atoms in total.